The molecule has 0 aromatic heterocycles. The molecule has 0 aliphatic carbocycles. The molecule has 0 fully saturated rings. The fourth-order valence-electron chi connectivity index (χ4n) is 9.49. The number of esters is 1. The van der Waals surface area contributed by atoms with Gasteiger partial charge in [0.05, 0.1) is 25.2 Å². The van der Waals surface area contributed by atoms with Crippen LogP contribution in [-0.4, -0.2) is 46.9 Å². The summed E-state index contributed by atoms with van der Waals surface area (Å²) in [5.41, 5.74) is 0. The lowest BCUT2D eigenvalue weighted by molar-refractivity contribution is -0.151. The van der Waals surface area contributed by atoms with Crippen molar-refractivity contribution in [1.82, 2.24) is 5.32 Å². The van der Waals surface area contributed by atoms with Gasteiger partial charge in [-0.3, -0.25) is 9.59 Å². The van der Waals surface area contributed by atoms with Crippen LogP contribution in [0.15, 0.2) is 0 Å². The van der Waals surface area contributed by atoms with Crippen molar-refractivity contribution in [1.29, 1.82) is 0 Å². The molecule has 6 nitrogen and oxygen atoms in total. The molecule has 0 aromatic rings. The van der Waals surface area contributed by atoms with Crippen molar-refractivity contribution in [3.63, 3.8) is 0 Å². The zero-order valence-electron chi connectivity index (χ0n) is 43.7. The minimum atomic E-state index is -0.779. The normalized spacial score (nSPS) is 13.0. The number of rotatable bonds is 54. The van der Waals surface area contributed by atoms with Crippen LogP contribution >= 0.6 is 0 Å². The number of hydrogen-bond acceptors (Lipinski definition) is 5. The number of aliphatic hydroxyl groups excluding tert-OH is 2. The van der Waals surface area contributed by atoms with Crippen LogP contribution < -0.4 is 5.32 Å². The van der Waals surface area contributed by atoms with Gasteiger partial charge < -0.3 is 20.3 Å². The molecule has 6 heteroatoms. The summed E-state index contributed by atoms with van der Waals surface area (Å²) >= 11 is 0. The average molecular weight is 907 g/mol. The van der Waals surface area contributed by atoms with Crippen molar-refractivity contribution < 1.29 is 24.5 Å². The molecule has 0 rings (SSSR count). The number of carbonyl (C=O) groups excluding carboxylic acids is 2. The number of ether oxygens (including phenoxy) is 1. The van der Waals surface area contributed by atoms with Gasteiger partial charge >= 0.3 is 5.97 Å². The van der Waals surface area contributed by atoms with E-state index in [1.807, 2.05) is 0 Å². The van der Waals surface area contributed by atoms with Crippen molar-refractivity contribution >= 4 is 11.9 Å². The molecule has 1 amide bonds. The monoisotopic (exact) mass is 906 g/mol. The molecular formula is C58H115NO5. The molecule has 3 N–H and O–H groups in total. The number of aliphatic hydroxyl groups is 2. The zero-order chi connectivity index (χ0) is 46.7. The van der Waals surface area contributed by atoms with Gasteiger partial charge in [-0.25, -0.2) is 0 Å². The Kier molecular flexibility index (Phi) is 51.9. The van der Waals surface area contributed by atoms with E-state index < -0.39 is 18.2 Å². The number of amides is 1. The van der Waals surface area contributed by atoms with Crippen molar-refractivity contribution in [2.45, 2.75) is 354 Å². The summed E-state index contributed by atoms with van der Waals surface area (Å²) in [6.07, 6.45) is 58.8. The van der Waals surface area contributed by atoms with Crippen molar-refractivity contribution in [3.05, 3.63) is 0 Å². The molecule has 0 heterocycles. The molecule has 0 aliphatic heterocycles. The van der Waals surface area contributed by atoms with E-state index in [9.17, 15) is 19.8 Å². The van der Waals surface area contributed by atoms with Crippen LogP contribution in [-0.2, 0) is 14.3 Å². The number of unbranched alkanes of at least 4 members (excludes halogenated alkanes) is 42. The summed E-state index contributed by atoms with van der Waals surface area (Å²) in [5, 5.41) is 23.9. The lowest BCUT2D eigenvalue weighted by atomic mass is 10.0. The first-order valence-electron chi connectivity index (χ1n) is 29.3. The maximum absolute atomic E-state index is 13.3. The second-order valence-electron chi connectivity index (χ2n) is 20.4. The van der Waals surface area contributed by atoms with E-state index in [1.54, 1.807) is 0 Å². The van der Waals surface area contributed by atoms with E-state index in [1.165, 1.54) is 250 Å². The van der Waals surface area contributed by atoms with Crippen LogP contribution in [0.4, 0.5) is 0 Å². The van der Waals surface area contributed by atoms with Gasteiger partial charge in [0.15, 0.2) is 0 Å². The maximum Gasteiger partial charge on any atom is 0.306 e. The molecule has 0 aliphatic rings. The first-order chi connectivity index (χ1) is 31.5. The first-order valence-corrected chi connectivity index (χ1v) is 29.3. The smallest absolute Gasteiger partial charge is 0.306 e. The Labute approximate surface area is 400 Å². The molecule has 0 spiro atoms. The van der Waals surface area contributed by atoms with E-state index in [0.29, 0.717) is 19.3 Å². The minimum absolute atomic E-state index is 0.0886. The summed E-state index contributed by atoms with van der Waals surface area (Å²) in [6.45, 7) is 6.53. The summed E-state index contributed by atoms with van der Waals surface area (Å²) in [4.78, 5) is 26.3. The number of nitrogens with one attached hydrogen (secondary N) is 1. The van der Waals surface area contributed by atoms with Crippen LogP contribution in [0.1, 0.15) is 335 Å². The molecule has 3 atom stereocenters. The third kappa shape index (κ3) is 47.4. The third-order valence-corrected chi connectivity index (χ3v) is 13.9. The van der Waals surface area contributed by atoms with Gasteiger partial charge in [-0.2, -0.15) is 0 Å². The molecule has 0 saturated carbocycles. The van der Waals surface area contributed by atoms with Gasteiger partial charge in [-0.05, 0) is 25.7 Å². The lowest BCUT2D eigenvalue weighted by Crippen LogP contribution is -2.46. The van der Waals surface area contributed by atoms with Crippen LogP contribution in [0, 0.1) is 0 Å². The van der Waals surface area contributed by atoms with E-state index >= 15 is 0 Å². The Hall–Kier alpha value is -1.14. The Bertz CT molecular complexity index is 928. The number of carbonyl (C=O) groups is 2. The molecule has 3 unspecified atom stereocenters. The van der Waals surface area contributed by atoms with Gasteiger partial charge in [-0.1, -0.05) is 297 Å². The molecule has 64 heavy (non-hydrogen) atoms. The van der Waals surface area contributed by atoms with E-state index in [4.69, 9.17) is 4.74 Å². The van der Waals surface area contributed by atoms with Gasteiger partial charge in [0.25, 0.3) is 0 Å². The van der Waals surface area contributed by atoms with Crippen LogP contribution in [0.5, 0.6) is 0 Å². The van der Waals surface area contributed by atoms with Crippen LogP contribution in [0.25, 0.3) is 0 Å². The largest absolute Gasteiger partial charge is 0.462 e. The Morgan fingerprint density at radius 1 is 0.391 bits per heavy atom. The fourth-order valence-corrected chi connectivity index (χ4v) is 9.49. The average Bonchev–Trinajstić information content (AvgIpc) is 3.29. The summed E-state index contributed by atoms with van der Waals surface area (Å²) in [5.74, 6) is -0.444. The molecule has 0 bridgehead atoms. The van der Waals surface area contributed by atoms with Crippen molar-refractivity contribution in [3.8, 4) is 0 Å². The molecule has 0 saturated heterocycles. The van der Waals surface area contributed by atoms with Crippen molar-refractivity contribution in [2.24, 2.45) is 0 Å². The highest BCUT2D eigenvalue weighted by atomic mass is 16.5. The van der Waals surface area contributed by atoms with Gasteiger partial charge in [-0.15, -0.1) is 0 Å². The van der Waals surface area contributed by atoms with E-state index in [0.717, 1.165) is 38.5 Å². The highest BCUT2D eigenvalue weighted by Crippen LogP contribution is 2.19. The second-order valence-corrected chi connectivity index (χ2v) is 20.4. The highest BCUT2D eigenvalue weighted by molar-refractivity contribution is 5.77. The predicted molar refractivity (Wildman–Crippen MR) is 278 cm³/mol. The topological polar surface area (TPSA) is 95.9 Å². The summed E-state index contributed by atoms with van der Waals surface area (Å²) < 4.78 is 5.97. The molecule has 0 radical (unpaired) electrons. The standard InChI is InChI=1S/C58H115NO5/c1-4-7-10-13-16-19-22-25-27-28-29-31-33-36-39-42-45-48-51-58(63)64-54(49-46-43-40-37-34-32-30-26-23-20-17-14-11-8-5-2)52-57(62)59-55(53-60)56(61)50-47-44-41-38-35-24-21-18-15-12-9-6-3/h54-56,60-61H,4-53H2,1-3H3,(H,59,62). The number of hydrogen-bond donors (Lipinski definition) is 3. The third-order valence-electron chi connectivity index (χ3n) is 13.9. The lowest BCUT2D eigenvalue weighted by Gasteiger charge is -2.24. The minimum Gasteiger partial charge on any atom is -0.462 e. The zero-order valence-corrected chi connectivity index (χ0v) is 43.7. The van der Waals surface area contributed by atoms with Gasteiger partial charge in [0.1, 0.15) is 6.10 Å². The Balaban J connectivity index is 4.47. The quantitative estimate of drug-likeness (QED) is 0.0417. The molecular weight excluding hydrogens is 791 g/mol. The summed E-state index contributed by atoms with van der Waals surface area (Å²) in [7, 11) is 0. The van der Waals surface area contributed by atoms with Crippen LogP contribution in [0.2, 0.25) is 0 Å². The van der Waals surface area contributed by atoms with E-state index in [-0.39, 0.29) is 24.9 Å². The highest BCUT2D eigenvalue weighted by Gasteiger charge is 2.24. The van der Waals surface area contributed by atoms with Gasteiger partial charge in [0, 0.05) is 6.42 Å². The fraction of sp³-hybridized carbons (Fsp3) is 0.966. The first kappa shape index (κ1) is 62.9. The van der Waals surface area contributed by atoms with E-state index in [2.05, 4.69) is 26.1 Å². The predicted octanol–water partition coefficient (Wildman–Crippen LogP) is 17.9. The second kappa shape index (κ2) is 52.8. The Morgan fingerprint density at radius 2 is 0.656 bits per heavy atom. The maximum atomic E-state index is 13.3. The summed E-state index contributed by atoms with van der Waals surface area (Å²) in [6, 6.07) is -0.693. The molecule has 382 valence electrons. The van der Waals surface area contributed by atoms with Crippen LogP contribution in [0.3, 0.4) is 0 Å². The van der Waals surface area contributed by atoms with Gasteiger partial charge in [0.2, 0.25) is 5.91 Å². The molecule has 0 aromatic carbocycles. The Morgan fingerprint density at radius 3 is 0.953 bits per heavy atom. The SMILES string of the molecule is CCCCCCCCCCCCCCCCCCCCC(=O)OC(CCCCCCCCCCCCCCCCC)CC(=O)NC(CO)C(O)CCCCCCCCCCCCCC. The van der Waals surface area contributed by atoms with Crippen molar-refractivity contribution in [2.75, 3.05) is 6.61 Å².